The van der Waals surface area contributed by atoms with Crippen LogP contribution in [0.15, 0.2) is 0 Å². The van der Waals surface area contributed by atoms with Gasteiger partial charge in [0.05, 0.1) is 10.2 Å². The molecule has 1 aliphatic rings. The Kier molecular flexibility index (Phi) is 2.51. The summed E-state index contributed by atoms with van der Waals surface area (Å²) in [6, 6.07) is 0. The van der Waals surface area contributed by atoms with E-state index in [-0.39, 0.29) is 11.3 Å². The van der Waals surface area contributed by atoms with E-state index in [0.717, 1.165) is 29.7 Å². The Morgan fingerprint density at radius 3 is 2.82 bits per heavy atom. The first-order valence-electron chi connectivity index (χ1n) is 3.89. The number of rotatable bonds is 1. The number of nitrogens with two attached hydrogens (primary N) is 1. The highest BCUT2D eigenvalue weighted by Gasteiger charge is 2.27. The minimum atomic E-state index is -0.260. The van der Waals surface area contributed by atoms with Crippen LogP contribution in [0.4, 0.5) is 0 Å². The fourth-order valence-electron chi connectivity index (χ4n) is 1.32. The van der Waals surface area contributed by atoms with E-state index in [1.54, 1.807) is 0 Å². The third-order valence-electron chi connectivity index (χ3n) is 1.87. The van der Waals surface area contributed by atoms with Crippen LogP contribution in [0.1, 0.15) is 19.3 Å². The van der Waals surface area contributed by atoms with Gasteiger partial charge in [0, 0.05) is 6.61 Å². The average molecular weight is 173 g/mol. The highest BCUT2D eigenvalue weighted by molar-refractivity contribution is 6.15. The van der Waals surface area contributed by atoms with Gasteiger partial charge in [0.25, 0.3) is 0 Å². The zero-order valence-electron chi connectivity index (χ0n) is 6.81. The van der Waals surface area contributed by atoms with Crippen molar-refractivity contribution in [2.45, 2.75) is 24.6 Å². The van der Waals surface area contributed by atoms with E-state index >= 15 is 0 Å². The van der Waals surface area contributed by atoms with Gasteiger partial charge in [-0.05, 0) is 19.3 Å². The van der Waals surface area contributed by atoms with Crippen LogP contribution in [0.3, 0.4) is 0 Å². The molecule has 1 aliphatic heterocycles. The molecule has 1 saturated heterocycles. The van der Waals surface area contributed by atoms with Gasteiger partial charge in [-0.2, -0.15) is 0 Å². The quantitative estimate of drug-likeness (QED) is 0.262. The predicted octanol–water partition coefficient (Wildman–Crippen LogP) is -1.31. The summed E-state index contributed by atoms with van der Waals surface area (Å²) in [6.07, 6.45) is 3.28. The molecule has 1 fully saturated rings. The predicted molar refractivity (Wildman–Crippen MR) is 47.5 cm³/mol. The van der Waals surface area contributed by atoms with Gasteiger partial charge in [0.2, 0.25) is 0 Å². The maximum absolute atomic E-state index is 7.06. The SMILES string of the molecule is N=C(N)NC1([SiH3])CCCCO1. The Morgan fingerprint density at radius 1 is 1.64 bits per heavy atom. The van der Waals surface area contributed by atoms with Crippen LogP contribution in [0.2, 0.25) is 0 Å². The molecule has 0 aliphatic carbocycles. The molecule has 1 unspecified atom stereocenters. The van der Waals surface area contributed by atoms with Crippen LogP contribution in [0.5, 0.6) is 0 Å². The summed E-state index contributed by atoms with van der Waals surface area (Å²) < 4.78 is 5.51. The summed E-state index contributed by atoms with van der Waals surface area (Å²) in [4.78, 5) is 0. The zero-order chi connectivity index (χ0) is 8.32. The fraction of sp³-hybridized carbons (Fsp3) is 0.833. The molecule has 0 saturated carbocycles. The van der Waals surface area contributed by atoms with Gasteiger partial charge in [0.1, 0.15) is 5.35 Å². The lowest BCUT2D eigenvalue weighted by Gasteiger charge is -2.34. The molecule has 1 atom stereocenters. The van der Waals surface area contributed by atoms with E-state index in [4.69, 9.17) is 15.9 Å². The Bertz CT molecular complexity index is 156. The van der Waals surface area contributed by atoms with Gasteiger partial charge < -0.3 is 15.8 Å². The van der Waals surface area contributed by atoms with Gasteiger partial charge in [-0.15, -0.1) is 0 Å². The molecule has 5 heteroatoms. The summed E-state index contributed by atoms with van der Waals surface area (Å²) in [7, 11) is 0.874. The van der Waals surface area contributed by atoms with Crippen molar-refractivity contribution < 1.29 is 4.74 Å². The topological polar surface area (TPSA) is 71.1 Å². The molecule has 4 nitrogen and oxygen atoms in total. The van der Waals surface area contributed by atoms with Gasteiger partial charge in [0.15, 0.2) is 5.96 Å². The maximum atomic E-state index is 7.06. The number of guanidine groups is 1. The summed E-state index contributed by atoms with van der Waals surface area (Å²) in [5.74, 6) is 0.0156. The molecule has 0 aromatic rings. The van der Waals surface area contributed by atoms with Crippen LogP contribution in [0.25, 0.3) is 0 Å². The van der Waals surface area contributed by atoms with Crippen LogP contribution >= 0.6 is 0 Å². The van der Waals surface area contributed by atoms with E-state index in [2.05, 4.69) is 5.32 Å². The Hall–Kier alpha value is -0.553. The first kappa shape index (κ1) is 8.54. The monoisotopic (exact) mass is 173 g/mol. The number of nitrogens with one attached hydrogen (secondary N) is 2. The third kappa shape index (κ3) is 2.51. The van der Waals surface area contributed by atoms with E-state index in [1.165, 1.54) is 6.42 Å². The molecular weight excluding hydrogens is 158 g/mol. The molecule has 64 valence electrons. The van der Waals surface area contributed by atoms with Gasteiger partial charge in [-0.1, -0.05) is 0 Å². The Morgan fingerprint density at radius 2 is 2.36 bits per heavy atom. The van der Waals surface area contributed by atoms with Crippen LogP contribution in [0, 0.1) is 5.41 Å². The van der Waals surface area contributed by atoms with Gasteiger partial charge >= 0.3 is 0 Å². The Balaban J connectivity index is 2.43. The van der Waals surface area contributed by atoms with Gasteiger partial charge in [-0.25, -0.2) is 0 Å². The second-order valence-corrected chi connectivity index (χ2v) is 4.69. The van der Waals surface area contributed by atoms with E-state index in [9.17, 15) is 0 Å². The smallest absolute Gasteiger partial charge is 0.187 e. The highest BCUT2D eigenvalue weighted by atomic mass is 28.1. The fourth-order valence-corrected chi connectivity index (χ4v) is 2.14. The largest absolute Gasteiger partial charge is 0.370 e. The van der Waals surface area contributed by atoms with Crippen LogP contribution in [-0.2, 0) is 4.74 Å². The molecule has 0 amide bonds. The maximum Gasteiger partial charge on any atom is 0.187 e. The number of hydrogen-bond donors (Lipinski definition) is 3. The second kappa shape index (κ2) is 3.23. The van der Waals surface area contributed by atoms with Crippen molar-refractivity contribution in [1.82, 2.24) is 5.32 Å². The van der Waals surface area contributed by atoms with Crippen molar-refractivity contribution in [2.75, 3.05) is 6.61 Å². The molecule has 0 aromatic carbocycles. The van der Waals surface area contributed by atoms with E-state index < -0.39 is 0 Å². The summed E-state index contributed by atoms with van der Waals surface area (Å²) >= 11 is 0. The molecule has 0 bridgehead atoms. The summed E-state index contributed by atoms with van der Waals surface area (Å²) in [6.45, 7) is 0.795. The van der Waals surface area contributed by atoms with Crippen molar-refractivity contribution in [3.05, 3.63) is 0 Å². The summed E-state index contributed by atoms with van der Waals surface area (Å²) in [5.41, 5.74) is 5.22. The highest BCUT2D eigenvalue weighted by Crippen LogP contribution is 2.18. The minimum Gasteiger partial charge on any atom is -0.370 e. The van der Waals surface area contributed by atoms with E-state index in [0.29, 0.717) is 0 Å². The van der Waals surface area contributed by atoms with Crippen molar-refractivity contribution in [3.8, 4) is 0 Å². The van der Waals surface area contributed by atoms with Crippen LogP contribution < -0.4 is 11.1 Å². The molecule has 1 rings (SSSR count). The molecule has 0 spiro atoms. The molecule has 11 heavy (non-hydrogen) atoms. The van der Waals surface area contributed by atoms with Crippen molar-refractivity contribution in [3.63, 3.8) is 0 Å². The molecule has 0 radical (unpaired) electrons. The Labute approximate surface area is 69.4 Å². The number of ether oxygens (including phenoxy) is 1. The average Bonchev–Trinajstić information content (AvgIpc) is 1.85. The lowest BCUT2D eigenvalue weighted by Crippen LogP contribution is -2.54. The number of hydrogen-bond acceptors (Lipinski definition) is 2. The normalized spacial score (nSPS) is 31.6. The third-order valence-corrected chi connectivity index (χ3v) is 2.91. The van der Waals surface area contributed by atoms with E-state index in [1.807, 2.05) is 0 Å². The standard InChI is InChI=1S/C6H15N3OSi/c7-5(8)9-6(11)3-1-2-4-10-6/h1-4H2,11H3,(H4,7,8,9). The molecule has 1 heterocycles. The minimum absolute atomic E-state index is 0.0156. The second-order valence-electron chi connectivity index (χ2n) is 3.08. The van der Waals surface area contributed by atoms with Crippen molar-refractivity contribution in [1.29, 1.82) is 5.41 Å². The molecule has 0 aromatic heterocycles. The first-order chi connectivity index (χ1) is 5.12. The van der Waals surface area contributed by atoms with Crippen LogP contribution in [-0.4, -0.2) is 28.2 Å². The van der Waals surface area contributed by atoms with Crippen molar-refractivity contribution in [2.24, 2.45) is 5.73 Å². The zero-order valence-corrected chi connectivity index (χ0v) is 8.81. The molecule has 4 N–H and O–H groups in total. The molecular formula is C6H15N3OSi. The summed E-state index contributed by atoms with van der Waals surface area (Å²) in [5, 5.41) is 9.66. The van der Waals surface area contributed by atoms with Gasteiger partial charge in [-0.3, -0.25) is 5.41 Å². The lowest BCUT2D eigenvalue weighted by molar-refractivity contribution is -0.0276. The lowest BCUT2D eigenvalue weighted by atomic mass is 10.2. The first-order valence-corrected chi connectivity index (χ1v) is 4.89. The van der Waals surface area contributed by atoms with Crippen molar-refractivity contribution >= 4 is 16.2 Å².